The monoisotopic (exact) mass is 207 g/mol. The van der Waals surface area contributed by atoms with E-state index in [1.807, 2.05) is 0 Å². The van der Waals surface area contributed by atoms with Crippen molar-refractivity contribution in [2.45, 2.75) is 56.8 Å². The minimum absolute atomic E-state index is 0.0918. The Hall–Kier alpha value is -0.250. The molecule has 0 aliphatic heterocycles. The molecule has 2 rings (SSSR count). The summed E-state index contributed by atoms with van der Waals surface area (Å²) < 4.78 is 37.8. The van der Waals surface area contributed by atoms with Crippen molar-refractivity contribution < 1.29 is 13.2 Å². The van der Waals surface area contributed by atoms with Crippen LogP contribution in [0.25, 0.3) is 0 Å². The summed E-state index contributed by atoms with van der Waals surface area (Å²) in [6.07, 6.45) is -0.663. The highest BCUT2D eigenvalue weighted by Gasteiger charge is 2.63. The number of alkyl halides is 3. The summed E-state index contributed by atoms with van der Waals surface area (Å²) in [5.41, 5.74) is -1.51. The maximum atomic E-state index is 12.6. The lowest BCUT2D eigenvalue weighted by molar-refractivity contribution is -0.167. The maximum Gasteiger partial charge on any atom is 0.406 e. The molecule has 4 heteroatoms. The van der Waals surface area contributed by atoms with E-state index in [0.717, 1.165) is 19.3 Å². The maximum absolute atomic E-state index is 12.6. The predicted octanol–water partition coefficient (Wildman–Crippen LogP) is 2.86. The Morgan fingerprint density at radius 1 is 1.21 bits per heavy atom. The van der Waals surface area contributed by atoms with E-state index >= 15 is 0 Å². The van der Waals surface area contributed by atoms with Crippen molar-refractivity contribution in [1.82, 2.24) is 5.32 Å². The van der Waals surface area contributed by atoms with E-state index in [1.54, 1.807) is 0 Å². The molecule has 14 heavy (non-hydrogen) atoms. The first-order valence-corrected chi connectivity index (χ1v) is 5.27. The Bertz CT molecular complexity index is 220. The Kier molecular flexibility index (Phi) is 2.29. The predicted molar refractivity (Wildman–Crippen MR) is 48.0 cm³/mol. The van der Waals surface area contributed by atoms with Crippen molar-refractivity contribution >= 4 is 0 Å². The van der Waals surface area contributed by atoms with Crippen molar-refractivity contribution in [3.05, 3.63) is 0 Å². The number of nitrogens with one attached hydrogen (secondary N) is 1. The molecular formula is C10H16F3N. The van der Waals surface area contributed by atoms with E-state index in [4.69, 9.17) is 0 Å². The molecule has 1 N–H and O–H groups in total. The van der Waals surface area contributed by atoms with Gasteiger partial charge in [0.25, 0.3) is 0 Å². The molecular weight excluding hydrogens is 191 g/mol. The average Bonchev–Trinajstić information content (AvgIpc) is 2.71. The van der Waals surface area contributed by atoms with Crippen LogP contribution in [0.2, 0.25) is 0 Å². The molecule has 0 aromatic rings. The van der Waals surface area contributed by atoms with Gasteiger partial charge in [-0.3, -0.25) is 0 Å². The van der Waals surface area contributed by atoms with Crippen LogP contribution in [0.3, 0.4) is 0 Å². The molecule has 0 aromatic carbocycles. The van der Waals surface area contributed by atoms with E-state index in [-0.39, 0.29) is 18.9 Å². The number of halogens is 3. The summed E-state index contributed by atoms with van der Waals surface area (Å²) in [4.78, 5) is 0. The van der Waals surface area contributed by atoms with E-state index in [0.29, 0.717) is 5.92 Å². The van der Waals surface area contributed by atoms with E-state index in [9.17, 15) is 13.2 Å². The van der Waals surface area contributed by atoms with Crippen molar-refractivity contribution in [2.75, 3.05) is 0 Å². The van der Waals surface area contributed by atoms with Gasteiger partial charge in [0.2, 0.25) is 0 Å². The summed E-state index contributed by atoms with van der Waals surface area (Å²) in [5.74, 6) is 0.580. The van der Waals surface area contributed by atoms with E-state index in [2.05, 4.69) is 12.2 Å². The van der Waals surface area contributed by atoms with Crippen molar-refractivity contribution in [3.8, 4) is 0 Å². The third-order valence-electron chi connectivity index (χ3n) is 3.47. The Morgan fingerprint density at radius 3 is 2.21 bits per heavy atom. The van der Waals surface area contributed by atoms with Gasteiger partial charge in [0, 0.05) is 6.04 Å². The average molecular weight is 207 g/mol. The highest BCUT2D eigenvalue weighted by Crippen LogP contribution is 2.50. The summed E-state index contributed by atoms with van der Waals surface area (Å²) >= 11 is 0. The zero-order valence-electron chi connectivity index (χ0n) is 8.32. The summed E-state index contributed by atoms with van der Waals surface area (Å²) in [6, 6.07) is 0.0918. The van der Waals surface area contributed by atoms with Gasteiger partial charge in [-0.1, -0.05) is 6.92 Å². The van der Waals surface area contributed by atoms with Gasteiger partial charge in [-0.25, -0.2) is 0 Å². The molecule has 2 fully saturated rings. The molecule has 0 aromatic heterocycles. The van der Waals surface area contributed by atoms with Crippen LogP contribution in [-0.2, 0) is 0 Å². The lowest BCUT2D eigenvalue weighted by atomic mass is 10.1. The van der Waals surface area contributed by atoms with Crippen LogP contribution in [0.4, 0.5) is 13.2 Å². The Balaban J connectivity index is 1.92. The molecule has 2 aliphatic rings. The fraction of sp³-hybridized carbons (Fsp3) is 1.00. The molecule has 82 valence electrons. The van der Waals surface area contributed by atoms with Crippen LogP contribution in [-0.4, -0.2) is 17.8 Å². The third-order valence-corrected chi connectivity index (χ3v) is 3.47. The second kappa shape index (κ2) is 3.12. The molecule has 2 aliphatic carbocycles. The zero-order valence-corrected chi connectivity index (χ0v) is 8.32. The first kappa shape index (κ1) is 10.3. The molecule has 1 nitrogen and oxygen atoms in total. The molecule has 0 saturated heterocycles. The van der Waals surface area contributed by atoms with E-state index < -0.39 is 11.7 Å². The number of hydrogen-bond acceptors (Lipinski definition) is 1. The van der Waals surface area contributed by atoms with Gasteiger partial charge in [-0.15, -0.1) is 0 Å². The molecule has 2 saturated carbocycles. The van der Waals surface area contributed by atoms with Crippen LogP contribution in [0.5, 0.6) is 0 Å². The first-order chi connectivity index (χ1) is 6.43. The molecule has 2 atom stereocenters. The topological polar surface area (TPSA) is 12.0 Å². The van der Waals surface area contributed by atoms with Crippen LogP contribution in [0, 0.1) is 5.92 Å². The molecule has 0 radical (unpaired) electrons. The van der Waals surface area contributed by atoms with Gasteiger partial charge in [0.05, 0.1) is 0 Å². The summed E-state index contributed by atoms with van der Waals surface area (Å²) in [7, 11) is 0. The fourth-order valence-electron chi connectivity index (χ4n) is 2.36. The smallest absolute Gasteiger partial charge is 0.301 e. The highest BCUT2D eigenvalue weighted by molar-refractivity contribution is 5.09. The van der Waals surface area contributed by atoms with E-state index in [1.165, 1.54) is 0 Å². The molecule has 0 heterocycles. The lowest BCUT2D eigenvalue weighted by Crippen LogP contribution is -2.49. The van der Waals surface area contributed by atoms with Crippen molar-refractivity contribution in [1.29, 1.82) is 0 Å². The minimum atomic E-state index is -4.06. The second-order valence-corrected chi connectivity index (χ2v) is 4.84. The van der Waals surface area contributed by atoms with Gasteiger partial charge >= 0.3 is 6.18 Å². The zero-order chi connectivity index (χ0) is 10.4. The van der Waals surface area contributed by atoms with Gasteiger partial charge < -0.3 is 5.32 Å². The Morgan fingerprint density at radius 2 is 1.86 bits per heavy atom. The molecule has 0 amide bonds. The van der Waals surface area contributed by atoms with Gasteiger partial charge in [0.1, 0.15) is 5.54 Å². The first-order valence-electron chi connectivity index (χ1n) is 5.27. The summed E-state index contributed by atoms with van der Waals surface area (Å²) in [6.45, 7) is 2.11. The van der Waals surface area contributed by atoms with Crippen LogP contribution in [0.1, 0.15) is 39.0 Å². The normalized spacial score (nSPS) is 36.0. The minimum Gasteiger partial charge on any atom is -0.301 e. The van der Waals surface area contributed by atoms with Gasteiger partial charge in [-0.2, -0.15) is 13.2 Å². The number of hydrogen-bond donors (Lipinski definition) is 1. The molecule has 0 spiro atoms. The lowest BCUT2D eigenvalue weighted by Gasteiger charge is -2.24. The SMILES string of the molecule is CC1CCC(NC2(C(F)(F)F)CC2)C1. The quantitative estimate of drug-likeness (QED) is 0.734. The standard InChI is InChI=1S/C10H16F3N/c1-7-2-3-8(6-7)14-9(4-5-9)10(11,12)13/h7-8,14H,2-6H2,1H3. The van der Waals surface area contributed by atoms with Crippen molar-refractivity contribution in [3.63, 3.8) is 0 Å². The van der Waals surface area contributed by atoms with Crippen molar-refractivity contribution in [2.24, 2.45) is 5.92 Å². The molecule has 2 unspecified atom stereocenters. The summed E-state index contributed by atoms with van der Waals surface area (Å²) in [5, 5.41) is 2.81. The second-order valence-electron chi connectivity index (χ2n) is 4.84. The van der Waals surface area contributed by atoms with Gasteiger partial charge in [-0.05, 0) is 38.0 Å². The largest absolute Gasteiger partial charge is 0.406 e. The van der Waals surface area contributed by atoms with Crippen LogP contribution < -0.4 is 5.32 Å². The Labute approximate surface area is 82.1 Å². The number of rotatable bonds is 2. The fourth-order valence-corrected chi connectivity index (χ4v) is 2.36. The third kappa shape index (κ3) is 1.76. The van der Waals surface area contributed by atoms with Gasteiger partial charge in [0.15, 0.2) is 0 Å². The van der Waals surface area contributed by atoms with Crippen LogP contribution in [0.15, 0.2) is 0 Å². The highest BCUT2D eigenvalue weighted by atomic mass is 19.4. The molecule has 0 bridgehead atoms. The van der Waals surface area contributed by atoms with Crippen LogP contribution >= 0.6 is 0 Å².